The zero-order valence-corrected chi connectivity index (χ0v) is 16.0. The molecule has 1 N–H and O–H groups in total. The van der Waals surface area contributed by atoms with Crippen LogP contribution in [0, 0.1) is 10.1 Å². The second-order valence-electron chi connectivity index (χ2n) is 5.52. The molecule has 1 aromatic heterocycles. The quantitative estimate of drug-likeness (QED) is 0.359. The summed E-state index contributed by atoms with van der Waals surface area (Å²) in [5, 5.41) is 14.4. The summed E-state index contributed by atoms with van der Waals surface area (Å²) < 4.78 is 1.44. The summed E-state index contributed by atoms with van der Waals surface area (Å²) in [7, 11) is 0. The number of carbonyl (C=O) groups is 1. The number of non-ortho nitro benzene ring substituents is 1. The number of aromatic nitrogens is 1. The van der Waals surface area contributed by atoms with Gasteiger partial charge in [0.15, 0.2) is 4.34 Å². The first kappa shape index (κ1) is 18.6. The van der Waals surface area contributed by atoms with E-state index in [0.29, 0.717) is 14.9 Å². The minimum atomic E-state index is -0.433. The number of amides is 1. The van der Waals surface area contributed by atoms with Gasteiger partial charge in [-0.05, 0) is 30.7 Å². The van der Waals surface area contributed by atoms with Gasteiger partial charge in [0, 0.05) is 17.2 Å². The van der Waals surface area contributed by atoms with Crippen LogP contribution in [0.1, 0.15) is 18.5 Å². The van der Waals surface area contributed by atoms with E-state index in [1.54, 1.807) is 18.2 Å². The molecule has 1 atom stereocenters. The largest absolute Gasteiger partial charge is 0.349 e. The number of rotatable bonds is 6. The maximum atomic E-state index is 12.2. The predicted octanol–water partition coefficient (Wildman–Crippen LogP) is 4.83. The Bertz CT molecular complexity index is 960. The fourth-order valence-corrected chi connectivity index (χ4v) is 4.35. The third kappa shape index (κ3) is 4.51. The number of nitro benzene ring substituents is 1. The van der Waals surface area contributed by atoms with Gasteiger partial charge >= 0.3 is 0 Å². The smallest absolute Gasteiger partial charge is 0.270 e. The van der Waals surface area contributed by atoms with Crippen LogP contribution < -0.4 is 5.32 Å². The van der Waals surface area contributed by atoms with E-state index in [1.807, 2.05) is 19.1 Å². The molecule has 3 rings (SSSR count). The number of nitrogens with zero attached hydrogens (tertiary/aromatic N) is 2. The third-order valence-corrected chi connectivity index (χ3v) is 6.05. The first-order valence-electron chi connectivity index (χ1n) is 7.65. The molecule has 0 saturated heterocycles. The molecule has 9 heteroatoms. The van der Waals surface area contributed by atoms with Crippen molar-refractivity contribution in [2.45, 2.75) is 17.3 Å². The molecule has 0 bridgehead atoms. The number of thioether (sulfide) groups is 1. The van der Waals surface area contributed by atoms with Crippen LogP contribution in [0.2, 0.25) is 5.02 Å². The summed E-state index contributed by atoms with van der Waals surface area (Å²) in [4.78, 5) is 26.9. The average Bonchev–Trinajstić information content (AvgIpc) is 3.02. The molecule has 0 unspecified atom stereocenters. The number of carbonyl (C=O) groups excluding carboxylic acids is 1. The fraction of sp³-hybridized carbons (Fsp3) is 0.176. The van der Waals surface area contributed by atoms with E-state index in [4.69, 9.17) is 11.6 Å². The van der Waals surface area contributed by atoms with Crippen molar-refractivity contribution < 1.29 is 9.72 Å². The Kier molecular flexibility index (Phi) is 5.75. The third-order valence-electron chi connectivity index (χ3n) is 3.64. The second-order valence-corrected chi connectivity index (χ2v) is 8.21. The number of halogens is 1. The van der Waals surface area contributed by atoms with Crippen molar-refractivity contribution >= 4 is 56.5 Å². The molecule has 0 radical (unpaired) electrons. The zero-order valence-electron chi connectivity index (χ0n) is 13.6. The van der Waals surface area contributed by atoms with Gasteiger partial charge in [-0.3, -0.25) is 14.9 Å². The van der Waals surface area contributed by atoms with Gasteiger partial charge < -0.3 is 5.32 Å². The van der Waals surface area contributed by atoms with Crippen molar-refractivity contribution in [3.8, 4) is 0 Å². The normalized spacial score (nSPS) is 12.1. The molecule has 1 heterocycles. The molecule has 2 aromatic carbocycles. The van der Waals surface area contributed by atoms with Gasteiger partial charge in [-0.2, -0.15) is 0 Å². The number of thiazole rings is 1. The van der Waals surface area contributed by atoms with Crippen LogP contribution >= 0.6 is 34.7 Å². The number of fused-ring (bicyclic) bond motifs is 1. The number of hydrogen-bond donors (Lipinski definition) is 1. The van der Waals surface area contributed by atoms with Crippen molar-refractivity contribution in [3.63, 3.8) is 0 Å². The summed E-state index contributed by atoms with van der Waals surface area (Å²) in [5.74, 6) is 0.113. The highest BCUT2D eigenvalue weighted by Gasteiger charge is 2.13. The lowest BCUT2D eigenvalue weighted by Gasteiger charge is -2.14. The van der Waals surface area contributed by atoms with Crippen molar-refractivity contribution in [1.29, 1.82) is 0 Å². The Labute approximate surface area is 162 Å². The molecular weight excluding hydrogens is 394 g/mol. The summed E-state index contributed by atoms with van der Waals surface area (Å²) >= 11 is 8.52. The van der Waals surface area contributed by atoms with Gasteiger partial charge in [-0.1, -0.05) is 35.5 Å². The first-order valence-corrected chi connectivity index (χ1v) is 9.83. The van der Waals surface area contributed by atoms with E-state index in [0.717, 1.165) is 10.3 Å². The molecule has 0 aliphatic carbocycles. The van der Waals surface area contributed by atoms with Crippen LogP contribution in [0.5, 0.6) is 0 Å². The van der Waals surface area contributed by atoms with Gasteiger partial charge in [-0.15, -0.1) is 11.3 Å². The molecule has 1 amide bonds. The Morgan fingerprint density at radius 1 is 1.35 bits per heavy atom. The topological polar surface area (TPSA) is 85.1 Å². The molecular formula is C17H14ClN3O3S2. The van der Waals surface area contributed by atoms with Crippen LogP contribution in [-0.2, 0) is 4.79 Å². The molecule has 0 fully saturated rings. The highest BCUT2D eigenvalue weighted by atomic mass is 35.5. The summed E-state index contributed by atoms with van der Waals surface area (Å²) in [6.07, 6.45) is 0. The lowest BCUT2D eigenvalue weighted by atomic mass is 10.1. The van der Waals surface area contributed by atoms with Crippen LogP contribution in [0.3, 0.4) is 0 Å². The first-order chi connectivity index (χ1) is 12.4. The molecule has 134 valence electrons. The Balaban J connectivity index is 1.59. The maximum absolute atomic E-state index is 12.2. The van der Waals surface area contributed by atoms with Gasteiger partial charge in [-0.25, -0.2) is 4.98 Å². The van der Waals surface area contributed by atoms with Gasteiger partial charge in [0.05, 0.1) is 26.9 Å². The molecule has 0 saturated carbocycles. The molecule has 26 heavy (non-hydrogen) atoms. The second kappa shape index (κ2) is 8.03. The highest BCUT2D eigenvalue weighted by molar-refractivity contribution is 8.01. The van der Waals surface area contributed by atoms with Crippen molar-refractivity contribution in [2.75, 3.05) is 5.75 Å². The van der Waals surface area contributed by atoms with Crippen molar-refractivity contribution in [2.24, 2.45) is 0 Å². The zero-order chi connectivity index (χ0) is 18.7. The van der Waals surface area contributed by atoms with Crippen LogP contribution in [0.15, 0.2) is 46.8 Å². The highest BCUT2D eigenvalue weighted by Crippen LogP contribution is 2.31. The molecule has 0 aliphatic rings. The van der Waals surface area contributed by atoms with Gasteiger partial charge in [0.1, 0.15) is 0 Å². The Morgan fingerprint density at radius 2 is 2.08 bits per heavy atom. The van der Waals surface area contributed by atoms with Crippen LogP contribution in [-0.4, -0.2) is 21.6 Å². The summed E-state index contributed by atoms with van der Waals surface area (Å²) in [6, 6.07) is 11.7. The van der Waals surface area contributed by atoms with E-state index in [1.165, 1.54) is 35.2 Å². The van der Waals surface area contributed by atoms with Gasteiger partial charge in [0.25, 0.3) is 5.69 Å². The van der Waals surface area contributed by atoms with Crippen LogP contribution in [0.25, 0.3) is 10.2 Å². The maximum Gasteiger partial charge on any atom is 0.270 e. The van der Waals surface area contributed by atoms with E-state index < -0.39 is 4.92 Å². The number of hydrogen-bond acceptors (Lipinski definition) is 6. The number of nitrogens with one attached hydrogen (secondary N) is 1. The van der Waals surface area contributed by atoms with E-state index in [2.05, 4.69) is 10.3 Å². The molecule has 6 nitrogen and oxygen atoms in total. The average molecular weight is 408 g/mol. The number of benzene rings is 2. The Hall–Kier alpha value is -2.16. The van der Waals surface area contributed by atoms with E-state index in [-0.39, 0.29) is 23.4 Å². The monoisotopic (exact) mass is 407 g/mol. The minimum Gasteiger partial charge on any atom is -0.349 e. The van der Waals surface area contributed by atoms with Crippen molar-refractivity contribution in [1.82, 2.24) is 10.3 Å². The molecule has 0 spiro atoms. The lowest BCUT2D eigenvalue weighted by molar-refractivity contribution is -0.384. The lowest BCUT2D eigenvalue weighted by Crippen LogP contribution is -2.28. The Morgan fingerprint density at radius 3 is 2.77 bits per heavy atom. The van der Waals surface area contributed by atoms with E-state index in [9.17, 15) is 14.9 Å². The summed E-state index contributed by atoms with van der Waals surface area (Å²) in [6.45, 7) is 1.91. The minimum absolute atomic E-state index is 0.0345. The molecule has 3 aromatic rings. The predicted molar refractivity (Wildman–Crippen MR) is 105 cm³/mol. The van der Waals surface area contributed by atoms with Gasteiger partial charge in [0.2, 0.25) is 5.91 Å². The van der Waals surface area contributed by atoms with Crippen molar-refractivity contribution in [3.05, 3.63) is 63.2 Å². The summed E-state index contributed by atoms with van der Waals surface area (Å²) in [5.41, 5.74) is 1.70. The SMILES string of the molecule is C[C@H](NC(=O)CSc1nc2ccc([N+](=O)[O-])cc2s1)c1ccc(Cl)cc1. The standard InChI is InChI=1S/C17H14ClN3O3S2/c1-10(11-2-4-12(18)5-3-11)19-16(22)9-25-17-20-14-7-6-13(21(23)24)8-15(14)26-17/h2-8,10H,9H2,1H3,(H,19,22)/t10-/m0/s1. The molecule has 0 aliphatic heterocycles. The van der Waals surface area contributed by atoms with E-state index >= 15 is 0 Å². The van der Waals surface area contributed by atoms with Crippen LogP contribution in [0.4, 0.5) is 5.69 Å². The number of nitro groups is 1. The fourth-order valence-electron chi connectivity index (χ4n) is 2.31.